The Hall–Kier alpha value is -1.05. The summed E-state index contributed by atoms with van der Waals surface area (Å²) in [5, 5.41) is 3.29. The van der Waals surface area contributed by atoms with Crippen molar-refractivity contribution < 1.29 is 0 Å². The molecule has 2 nitrogen and oxygen atoms in total. The summed E-state index contributed by atoms with van der Waals surface area (Å²) in [6, 6.07) is 0. The lowest BCUT2D eigenvalue weighted by atomic mass is 10.0. The Kier molecular flexibility index (Phi) is 1.13. The highest BCUT2D eigenvalue weighted by Gasteiger charge is 2.14. The molecule has 0 fully saturated rings. The van der Waals surface area contributed by atoms with Crippen molar-refractivity contribution in [3.05, 3.63) is 23.0 Å². The zero-order chi connectivity index (χ0) is 6.97. The molecule has 0 radical (unpaired) electrons. The van der Waals surface area contributed by atoms with Crippen molar-refractivity contribution in [3.8, 4) is 0 Å². The van der Waals surface area contributed by atoms with Crippen molar-refractivity contribution in [1.82, 2.24) is 5.32 Å². The Morgan fingerprint density at radius 1 is 1.60 bits per heavy atom. The van der Waals surface area contributed by atoms with Crippen molar-refractivity contribution in [2.75, 3.05) is 6.54 Å². The van der Waals surface area contributed by atoms with Crippen LogP contribution < -0.4 is 5.32 Å². The number of fused-ring (bicyclic) bond motifs is 1. The Morgan fingerprint density at radius 2 is 2.50 bits per heavy atom. The van der Waals surface area contributed by atoms with Crippen LogP contribution in [0.15, 0.2) is 28.0 Å². The van der Waals surface area contributed by atoms with E-state index in [4.69, 9.17) is 0 Å². The van der Waals surface area contributed by atoms with Gasteiger partial charge in [-0.15, -0.1) is 0 Å². The van der Waals surface area contributed by atoms with Gasteiger partial charge in [0.25, 0.3) is 0 Å². The van der Waals surface area contributed by atoms with E-state index in [1.54, 1.807) is 0 Å². The largest absolute Gasteiger partial charge is 0.383 e. The molecule has 2 rings (SSSR count). The Balaban J connectivity index is 2.45. The monoisotopic (exact) mass is 134 g/mol. The van der Waals surface area contributed by atoms with Gasteiger partial charge in [-0.3, -0.25) is 4.99 Å². The van der Waals surface area contributed by atoms with Crippen LogP contribution in [-0.2, 0) is 0 Å². The molecule has 2 aliphatic rings. The van der Waals surface area contributed by atoms with E-state index in [0.29, 0.717) is 0 Å². The maximum atomic E-state index is 4.07. The van der Waals surface area contributed by atoms with Crippen molar-refractivity contribution in [3.63, 3.8) is 0 Å². The molecule has 0 saturated heterocycles. The average Bonchev–Trinajstić information content (AvgIpc) is 2.36. The number of nitrogens with one attached hydrogen (secondary N) is 1. The van der Waals surface area contributed by atoms with Gasteiger partial charge in [0.2, 0.25) is 0 Å². The molecule has 1 N–H and O–H groups in total. The lowest BCUT2D eigenvalue weighted by Gasteiger charge is -2.16. The first-order valence-corrected chi connectivity index (χ1v) is 3.55. The summed E-state index contributed by atoms with van der Waals surface area (Å²) in [4.78, 5) is 4.07. The van der Waals surface area contributed by atoms with Crippen LogP contribution in [0, 0.1) is 0 Å². The summed E-state index contributed by atoms with van der Waals surface area (Å²) >= 11 is 0. The van der Waals surface area contributed by atoms with E-state index >= 15 is 0 Å². The van der Waals surface area contributed by atoms with Gasteiger partial charge in [-0.1, -0.05) is 5.57 Å². The first kappa shape index (κ1) is 5.71. The third kappa shape index (κ3) is 0.685. The highest BCUT2D eigenvalue weighted by Crippen LogP contribution is 2.21. The maximum absolute atomic E-state index is 4.07. The van der Waals surface area contributed by atoms with Crippen LogP contribution in [0.3, 0.4) is 0 Å². The van der Waals surface area contributed by atoms with Gasteiger partial charge in [0.05, 0.1) is 11.9 Å². The number of hydrogen-bond donors (Lipinski definition) is 1. The number of aliphatic imine (C=N–C) groups is 1. The van der Waals surface area contributed by atoms with Crippen LogP contribution in [-0.4, -0.2) is 12.8 Å². The predicted octanol–water partition coefficient (Wildman–Crippen LogP) is 1.22. The third-order valence-electron chi connectivity index (χ3n) is 1.97. The van der Waals surface area contributed by atoms with Gasteiger partial charge in [-0.25, -0.2) is 0 Å². The molecule has 0 spiro atoms. The SMILES string of the molecule is CC1=C2C=NC=C2NCC1. The standard InChI is InChI=1S/C8H10N2/c1-6-2-3-10-8-5-9-4-7(6)8/h4-5,10H,2-3H2,1H3. The molecule has 10 heavy (non-hydrogen) atoms. The molecular weight excluding hydrogens is 124 g/mol. The molecule has 0 aromatic rings. The van der Waals surface area contributed by atoms with Crippen LogP contribution in [0.5, 0.6) is 0 Å². The van der Waals surface area contributed by atoms with Crippen molar-refractivity contribution >= 4 is 6.21 Å². The van der Waals surface area contributed by atoms with E-state index in [0.717, 1.165) is 13.0 Å². The summed E-state index contributed by atoms with van der Waals surface area (Å²) in [5.41, 5.74) is 3.95. The molecule has 2 heterocycles. The van der Waals surface area contributed by atoms with E-state index in [-0.39, 0.29) is 0 Å². The van der Waals surface area contributed by atoms with Gasteiger partial charge < -0.3 is 5.32 Å². The van der Waals surface area contributed by atoms with Gasteiger partial charge in [0.15, 0.2) is 0 Å². The van der Waals surface area contributed by atoms with Crippen molar-refractivity contribution in [2.24, 2.45) is 4.99 Å². The molecule has 0 amide bonds. The first-order valence-electron chi connectivity index (χ1n) is 3.55. The van der Waals surface area contributed by atoms with Gasteiger partial charge in [-0.05, 0) is 13.3 Å². The van der Waals surface area contributed by atoms with Crippen LogP contribution in [0.1, 0.15) is 13.3 Å². The van der Waals surface area contributed by atoms with Crippen LogP contribution >= 0.6 is 0 Å². The normalized spacial score (nSPS) is 22.3. The lowest BCUT2D eigenvalue weighted by molar-refractivity contribution is 0.759. The second kappa shape index (κ2) is 1.97. The summed E-state index contributed by atoms with van der Waals surface area (Å²) < 4.78 is 0. The second-order valence-electron chi connectivity index (χ2n) is 2.69. The number of hydrogen-bond acceptors (Lipinski definition) is 2. The minimum atomic E-state index is 1.06. The van der Waals surface area contributed by atoms with Crippen molar-refractivity contribution in [2.45, 2.75) is 13.3 Å². The topological polar surface area (TPSA) is 24.4 Å². The highest BCUT2D eigenvalue weighted by atomic mass is 14.9. The minimum absolute atomic E-state index is 1.06. The molecule has 0 aliphatic carbocycles. The van der Waals surface area contributed by atoms with Crippen molar-refractivity contribution in [1.29, 1.82) is 0 Å². The molecule has 52 valence electrons. The van der Waals surface area contributed by atoms with Gasteiger partial charge in [0.1, 0.15) is 0 Å². The predicted molar refractivity (Wildman–Crippen MR) is 41.9 cm³/mol. The fourth-order valence-electron chi connectivity index (χ4n) is 1.33. The van der Waals surface area contributed by atoms with E-state index in [1.165, 1.54) is 16.8 Å². The Bertz CT molecular complexity index is 246. The first-order chi connectivity index (χ1) is 4.88. The van der Waals surface area contributed by atoms with Crippen LogP contribution in [0.25, 0.3) is 0 Å². The van der Waals surface area contributed by atoms with E-state index in [2.05, 4.69) is 17.2 Å². The zero-order valence-corrected chi connectivity index (χ0v) is 6.02. The number of nitrogens with zero attached hydrogens (tertiary/aromatic N) is 1. The van der Waals surface area contributed by atoms with Gasteiger partial charge in [0, 0.05) is 18.3 Å². The molecule has 0 unspecified atom stereocenters. The smallest absolute Gasteiger partial charge is 0.0614 e. The average molecular weight is 134 g/mol. The summed E-state index contributed by atoms with van der Waals surface area (Å²) in [5.74, 6) is 0. The fourth-order valence-corrected chi connectivity index (χ4v) is 1.33. The zero-order valence-electron chi connectivity index (χ0n) is 6.02. The van der Waals surface area contributed by atoms with E-state index in [1.807, 2.05) is 12.4 Å². The van der Waals surface area contributed by atoms with Gasteiger partial charge in [-0.2, -0.15) is 0 Å². The van der Waals surface area contributed by atoms with Crippen LogP contribution in [0.4, 0.5) is 0 Å². The second-order valence-corrected chi connectivity index (χ2v) is 2.69. The molecular formula is C8H10N2. The Labute approximate surface area is 60.3 Å². The molecule has 0 atom stereocenters. The number of allylic oxidation sites excluding steroid dienone is 1. The molecule has 0 aromatic carbocycles. The van der Waals surface area contributed by atoms with Crippen LogP contribution in [0.2, 0.25) is 0 Å². The van der Waals surface area contributed by atoms with Gasteiger partial charge >= 0.3 is 0 Å². The minimum Gasteiger partial charge on any atom is -0.383 e. The maximum Gasteiger partial charge on any atom is 0.0614 e. The molecule has 0 saturated carbocycles. The third-order valence-corrected chi connectivity index (χ3v) is 1.97. The quantitative estimate of drug-likeness (QED) is 0.529. The lowest BCUT2D eigenvalue weighted by Crippen LogP contribution is -2.21. The number of rotatable bonds is 0. The summed E-state index contributed by atoms with van der Waals surface area (Å²) in [6.07, 6.45) is 4.97. The molecule has 0 aromatic heterocycles. The summed E-state index contributed by atoms with van der Waals surface area (Å²) in [6.45, 7) is 3.23. The summed E-state index contributed by atoms with van der Waals surface area (Å²) in [7, 11) is 0. The highest BCUT2D eigenvalue weighted by molar-refractivity contribution is 5.89. The van der Waals surface area contributed by atoms with E-state index < -0.39 is 0 Å². The molecule has 2 heteroatoms. The van der Waals surface area contributed by atoms with E-state index in [9.17, 15) is 0 Å². The Morgan fingerprint density at radius 3 is 3.30 bits per heavy atom. The molecule has 2 aliphatic heterocycles. The molecule has 0 bridgehead atoms. The fraction of sp³-hybridized carbons (Fsp3) is 0.375.